The predicted molar refractivity (Wildman–Crippen MR) is 144 cm³/mol. The Hall–Kier alpha value is -4.44. The summed E-state index contributed by atoms with van der Waals surface area (Å²) in [6.45, 7) is 1.60. The molecule has 0 radical (unpaired) electrons. The fourth-order valence-corrected chi connectivity index (χ4v) is 4.48. The molecule has 1 aromatic heterocycles. The Labute approximate surface area is 222 Å². The highest BCUT2D eigenvalue weighted by Gasteiger charge is 2.16. The number of halogens is 1. The Morgan fingerprint density at radius 3 is 2.39 bits per heavy atom. The Bertz CT molecular complexity index is 1510. The van der Waals surface area contributed by atoms with Crippen LogP contribution in [0.3, 0.4) is 0 Å². The number of hydrogen-bond donors (Lipinski definition) is 1. The fourth-order valence-electron chi connectivity index (χ4n) is 3.62. The minimum Gasteiger partial charge on any atom is -0.493 e. The van der Waals surface area contributed by atoms with Crippen LogP contribution in [0.25, 0.3) is 16.3 Å². The Balaban J connectivity index is 1.42. The molecule has 0 spiro atoms. The number of aryl methyl sites for hydroxylation is 1. The zero-order valence-corrected chi connectivity index (χ0v) is 22.0. The molecule has 0 aliphatic carbocycles. The van der Waals surface area contributed by atoms with E-state index in [-0.39, 0.29) is 12.4 Å². The van der Waals surface area contributed by atoms with E-state index in [0.29, 0.717) is 44.8 Å². The molecule has 0 aliphatic heterocycles. The number of hydrogen-bond acceptors (Lipinski definition) is 8. The number of carbonyl (C=O) groups excluding carboxylic acids is 2. The lowest BCUT2D eigenvalue weighted by molar-refractivity contribution is -0.118. The van der Waals surface area contributed by atoms with Gasteiger partial charge in [-0.05, 0) is 54.5 Å². The van der Waals surface area contributed by atoms with Gasteiger partial charge < -0.3 is 18.9 Å². The first-order chi connectivity index (χ1) is 18.3. The van der Waals surface area contributed by atoms with E-state index < -0.39 is 11.7 Å². The SMILES string of the molecule is COc1cc(C(=O)/C=C/c2ccc(C)c(OCC(=O)Nc3nc4cc(F)ccc4s3)c2)cc(OC)c1OC. The average Bonchev–Trinajstić information content (AvgIpc) is 3.31. The Morgan fingerprint density at radius 2 is 1.71 bits per heavy atom. The second-order valence-corrected chi connectivity index (χ2v) is 9.14. The minimum absolute atomic E-state index is 0.247. The number of nitrogens with one attached hydrogen (secondary N) is 1. The lowest BCUT2D eigenvalue weighted by Gasteiger charge is -2.13. The molecule has 4 aromatic rings. The number of rotatable bonds is 10. The van der Waals surface area contributed by atoms with E-state index in [1.807, 2.05) is 19.1 Å². The lowest BCUT2D eigenvalue weighted by Crippen LogP contribution is -2.20. The zero-order chi connectivity index (χ0) is 27.2. The number of methoxy groups -OCH3 is 3. The number of anilines is 1. The quantitative estimate of drug-likeness (QED) is 0.206. The molecule has 3 aromatic carbocycles. The highest BCUT2D eigenvalue weighted by Crippen LogP contribution is 2.38. The van der Waals surface area contributed by atoms with E-state index in [2.05, 4.69) is 10.3 Å². The van der Waals surface area contributed by atoms with Crippen molar-refractivity contribution in [3.8, 4) is 23.0 Å². The van der Waals surface area contributed by atoms with Gasteiger partial charge in [0, 0.05) is 11.6 Å². The normalized spacial score (nSPS) is 11.0. The van der Waals surface area contributed by atoms with Gasteiger partial charge in [-0.2, -0.15) is 0 Å². The molecular weight excluding hydrogens is 511 g/mol. The van der Waals surface area contributed by atoms with Crippen LogP contribution in [-0.2, 0) is 4.79 Å². The second-order valence-electron chi connectivity index (χ2n) is 8.10. The summed E-state index contributed by atoms with van der Waals surface area (Å²) in [4.78, 5) is 29.5. The highest BCUT2D eigenvalue weighted by molar-refractivity contribution is 7.22. The number of amides is 1. The lowest BCUT2D eigenvalue weighted by atomic mass is 10.1. The third kappa shape index (κ3) is 6.09. The van der Waals surface area contributed by atoms with E-state index >= 15 is 0 Å². The van der Waals surface area contributed by atoms with Crippen molar-refractivity contribution in [2.75, 3.05) is 33.3 Å². The average molecular weight is 537 g/mol. The standard InChI is InChI=1S/C28H25FN2O6S/c1-16-5-6-17(7-9-21(32)18-12-23(34-2)27(36-4)24(13-18)35-3)11-22(16)37-15-26(33)31-28-30-20-14-19(29)8-10-25(20)38-28/h5-14H,15H2,1-4H3,(H,30,31,33)/b9-7+. The molecule has 196 valence electrons. The fraction of sp³-hybridized carbons (Fsp3) is 0.179. The second kappa shape index (κ2) is 11.7. The first-order valence-electron chi connectivity index (χ1n) is 11.4. The van der Waals surface area contributed by atoms with Crippen LogP contribution in [-0.4, -0.2) is 44.6 Å². The van der Waals surface area contributed by atoms with Crippen molar-refractivity contribution < 1.29 is 32.9 Å². The summed E-state index contributed by atoms with van der Waals surface area (Å²) >= 11 is 1.25. The van der Waals surface area contributed by atoms with E-state index in [1.165, 1.54) is 50.9 Å². The van der Waals surface area contributed by atoms with Crippen LogP contribution in [0.5, 0.6) is 23.0 Å². The number of fused-ring (bicyclic) bond motifs is 1. The number of carbonyl (C=O) groups is 2. The molecule has 1 amide bonds. The van der Waals surface area contributed by atoms with Crippen LogP contribution in [0.4, 0.5) is 9.52 Å². The summed E-state index contributed by atoms with van der Waals surface area (Å²) in [6.07, 6.45) is 3.08. The molecule has 38 heavy (non-hydrogen) atoms. The zero-order valence-electron chi connectivity index (χ0n) is 21.2. The number of allylic oxidation sites excluding steroid dienone is 1. The largest absolute Gasteiger partial charge is 0.493 e. The molecule has 10 heteroatoms. The molecule has 4 rings (SSSR count). The number of ketones is 1. The predicted octanol–water partition coefficient (Wildman–Crippen LogP) is 5.68. The Kier molecular flexibility index (Phi) is 8.22. The summed E-state index contributed by atoms with van der Waals surface area (Å²) in [5.74, 6) is 0.603. The molecular formula is C28H25FN2O6S. The van der Waals surface area contributed by atoms with Gasteiger partial charge in [-0.25, -0.2) is 9.37 Å². The summed E-state index contributed by atoms with van der Waals surface area (Å²) in [5, 5.41) is 3.03. The van der Waals surface area contributed by atoms with E-state index in [0.717, 1.165) is 10.3 Å². The van der Waals surface area contributed by atoms with Crippen molar-refractivity contribution in [3.05, 3.63) is 77.1 Å². The van der Waals surface area contributed by atoms with Crippen molar-refractivity contribution in [1.29, 1.82) is 0 Å². The molecule has 0 fully saturated rings. The van der Waals surface area contributed by atoms with Gasteiger partial charge in [0.1, 0.15) is 11.6 Å². The molecule has 1 heterocycles. The van der Waals surface area contributed by atoms with Gasteiger partial charge in [-0.1, -0.05) is 29.5 Å². The maximum Gasteiger partial charge on any atom is 0.264 e. The van der Waals surface area contributed by atoms with Crippen molar-refractivity contribution in [2.45, 2.75) is 6.92 Å². The van der Waals surface area contributed by atoms with E-state index in [9.17, 15) is 14.0 Å². The highest BCUT2D eigenvalue weighted by atomic mass is 32.1. The van der Waals surface area contributed by atoms with Crippen molar-refractivity contribution in [1.82, 2.24) is 4.98 Å². The van der Waals surface area contributed by atoms with Crippen molar-refractivity contribution in [3.63, 3.8) is 0 Å². The van der Waals surface area contributed by atoms with Gasteiger partial charge in [0.05, 0.1) is 31.5 Å². The van der Waals surface area contributed by atoms with Crippen LogP contribution in [0.2, 0.25) is 0 Å². The molecule has 0 aliphatic rings. The first-order valence-corrected chi connectivity index (χ1v) is 12.2. The first kappa shape index (κ1) is 26.6. The number of thiazole rings is 1. The van der Waals surface area contributed by atoms with Gasteiger partial charge in [0.15, 0.2) is 29.0 Å². The summed E-state index contributed by atoms with van der Waals surface area (Å²) < 4.78 is 35.8. The van der Waals surface area contributed by atoms with Crippen molar-refractivity contribution >= 4 is 44.5 Å². The van der Waals surface area contributed by atoms with Crippen LogP contribution in [0.1, 0.15) is 21.5 Å². The molecule has 0 unspecified atom stereocenters. The number of nitrogens with zero attached hydrogens (tertiary/aromatic N) is 1. The van der Waals surface area contributed by atoms with Crippen LogP contribution >= 0.6 is 11.3 Å². The summed E-state index contributed by atoms with van der Waals surface area (Å²) in [7, 11) is 4.46. The molecule has 8 nitrogen and oxygen atoms in total. The van der Waals surface area contributed by atoms with Crippen molar-refractivity contribution in [2.24, 2.45) is 0 Å². The molecule has 1 N–H and O–H groups in total. The molecule has 0 bridgehead atoms. The van der Waals surface area contributed by atoms with Gasteiger partial charge in [0.2, 0.25) is 5.75 Å². The van der Waals surface area contributed by atoms with E-state index in [1.54, 1.807) is 30.3 Å². The molecule has 0 atom stereocenters. The topological polar surface area (TPSA) is 96.0 Å². The smallest absolute Gasteiger partial charge is 0.264 e. The van der Waals surface area contributed by atoms with Gasteiger partial charge >= 0.3 is 0 Å². The maximum absolute atomic E-state index is 13.4. The number of ether oxygens (including phenoxy) is 4. The summed E-state index contributed by atoms with van der Waals surface area (Å²) in [6, 6.07) is 12.8. The van der Waals surface area contributed by atoms with Crippen LogP contribution in [0, 0.1) is 12.7 Å². The third-order valence-corrected chi connectivity index (χ3v) is 6.50. The maximum atomic E-state index is 13.4. The van der Waals surface area contributed by atoms with Gasteiger partial charge in [-0.15, -0.1) is 0 Å². The minimum atomic E-state index is -0.401. The molecule has 0 saturated carbocycles. The Morgan fingerprint density at radius 1 is 0.974 bits per heavy atom. The number of aromatic nitrogens is 1. The number of benzene rings is 3. The van der Waals surface area contributed by atoms with Crippen LogP contribution in [0.15, 0.2) is 54.6 Å². The summed E-state index contributed by atoms with van der Waals surface area (Å²) in [5.41, 5.74) is 2.37. The monoisotopic (exact) mass is 536 g/mol. The van der Waals surface area contributed by atoms with Gasteiger partial charge in [0.25, 0.3) is 5.91 Å². The van der Waals surface area contributed by atoms with Gasteiger partial charge in [-0.3, -0.25) is 14.9 Å². The molecule has 0 saturated heterocycles. The third-order valence-electron chi connectivity index (χ3n) is 5.54. The van der Waals surface area contributed by atoms with Crippen LogP contribution < -0.4 is 24.3 Å². The van der Waals surface area contributed by atoms with E-state index in [4.69, 9.17) is 18.9 Å².